The highest BCUT2D eigenvalue weighted by atomic mass is 19.4. The Bertz CT molecular complexity index is 960. The molecule has 3 heterocycles. The van der Waals surface area contributed by atoms with Crippen molar-refractivity contribution >= 4 is 11.6 Å². The maximum Gasteiger partial charge on any atom is 0.416 e. The van der Waals surface area contributed by atoms with E-state index in [1.807, 2.05) is 39.8 Å². The second-order valence-corrected chi connectivity index (χ2v) is 12.3. The Morgan fingerprint density at radius 3 is 2.11 bits per heavy atom. The molecule has 9 heteroatoms. The SMILES string of the molecule is CN(C)C1CCN(c2cc(C(F)(F)F)ccc2C2CCN(C(=O)[C@@]3(F)CCN(C(C)(C)C)C3)CC2)CC1. The number of amides is 1. The summed E-state index contributed by atoms with van der Waals surface area (Å²) in [7, 11) is 4.08. The van der Waals surface area contributed by atoms with Gasteiger partial charge >= 0.3 is 6.18 Å². The molecule has 208 valence electrons. The van der Waals surface area contributed by atoms with Crippen LogP contribution in [0.25, 0.3) is 0 Å². The first kappa shape index (κ1) is 28.1. The summed E-state index contributed by atoms with van der Waals surface area (Å²) in [6.45, 7) is 9.02. The fraction of sp³-hybridized carbons (Fsp3) is 0.750. The van der Waals surface area contributed by atoms with E-state index < -0.39 is 23.3 Å². The van der Waals surface area contributed by atoms with E-state index >= 15 is 4.39 Å². The van der Waals surface area contributed by atoms with E-state index in [0.29, 0.717) is 57.3 Å². The van der Waals surface area contributed by atoms with E-state index in [0.717, 1.165) is 18.4 Å². The van der Waals surface area contributed by atoms with Gasteiger partial charge in [-0.25, -0.2) is 4.39 Å². The van der Waals surface area contributed by atoms with Gasteiger partial charge in [0.05, 0.1) is 5.56 Å². The fourth-order valence-electron chi connectivity index (χ4n) is 6.16. The Hall–Kier alpha value is -1.87. The lowest BCUT2D eigenvalue weighted by molar-refractivity contribution is -0.144. The number of alkyl halides is 4. The van der Waals surface area contributed by atoms with Gasteiger partial charge < -0.3 is 14.7 Å². The number of halogens is 4. The van der Waals surface area contributed by atoms with Crippen LogP contribution < -0.4 is 4.90 Å². The predicted octanol–water partition coefficient (Wildman–Crippen LogP) is 5.15. The molecule has 5 nitrogen and oxygen atoms in total. The average Bonchev–Trinajstić information content (AvgIpc) is 3.27. The van der Waals surface area contributed by atoms with Crippen molar-refractivity contribution in [3.63, 3.8) is 0 Å². The number of benzene rings is 1. The third-order valence-electron chi connectivity index (χ3n) is 8.67. The monoisotopic (exact) mass is 526 g/mol. The van der Waals surface area contributed by atoms with Crippen molar-refractivity contribution in [1.82, 2.24) is 14.7 Å². The van der Waals surface area contributed by atoms with Crippen molar-refractivity contribution in [2.24, 2.45) is 0 Å². The number of likely N-dealkylation sites (tertiary alicyclic amines) is 2. The Morgan fingerprint density at radius 1 is 0.973 bits per heavy atom. The number of anilines is 1. The summed E-state index contributed by atoms with van der Waals surface area (Å²) < 4.78 is 56.5. The number of rotatable bonds is 4. The van der Waals surface area contributed by atoms with E-state index in [1.54, 1.807) is 11.0 Å². The fourth-order valence-corrected chi connectivity index (χ4v) is 6.16. The molecule has 1 atom stereocenters. The molecule has 0 bridgehead atoms. The molecule has 3 fully saturated rings. The lowest BCUT2D eigenvalue weighted by Gasteiger charge is -2.40. The Balaban J connectivity index is 1.47. The first-order chi connectivity index (χ1) is 17.2. The largest absolute Gasteiger partial charge is 0.416 e. The van der Waals surface area contributed by atoms with Crippen molar-refractivity contribution in [3.05, 3.63) is 29.3 Å². The molecule has 0 N–H and O–H groups in total. The van der Waals surface area contributed by atoms with Gasteiger partial charge in [-0.2, -0.15) is 13.2 Å². The zero-order valence-corrected chi connectivity index (χ0v) is 22.9. The van der Waals surface area contributed by atoms with Crippen LogP contribution in [-0.2, 0) is 11.0 Å². The van der Waals surface area contributed by atoms with E-state index in [4.69, 9.17) is 0 Å². The minimum atomic E-state index is -4.40. The molecule has 1 aromatic rings. The third-order valence-corrected chi connectivity index (χ3v) is 8.67. The smallest absolute Gasteiger partial charge is 0.371 e. The Kier molecular flexibility index (Phi) is 7.88. The normalized spacial score (nSPS) is 25.4. The first-order valence-electron chi connectivity index (χ1n) is 13.5. The number of hydrogen-bond acceptors (Lipinski definition) is 4. The van der Waals surface area contributed by atoms with Gasteiger partial charge in [-0.05, 0) is 84.2 Å². The molecule has 0 aromatic heterocycles. The Morgan fingerprint density at radius 2 is 1.59 bits per heavy atom. The summed E-state index contributed by atoms with van der Waals surface area (Å²) in [6, 6.07) is 4.54. The van der Waals surface area contributed by atoms with E-state index in [-0.39, 0.29) is 24.4 Å². The molecule has 4 rings (SSSR count). The minimum Gasteiger partial charge on any atom is -0.371 e. The highest BCUT2D eigenvalue weighted by Gasteiger charge is 2.49. The van der Waals surface area contributed by atoms with E-state index in [9.17, 15) is 18.0 Å². The topological polar surface area (TPSA) is 30.0 Å². The van der Waals surface area contributed by atoms with Gasteiger partial charge in [-0.1, -0.05) is 6.07 Å². The molecule has 3 saturated heterocycles. The average molecular weight is 527 g/mol. The zero-order valence-electron chi connectivity index (χ0n) is 22.9. The molecular weight excluding hydrogens is 484 g/mol. The second kappa shape index (κ2) is 10.4. The lowest BCUT2D eigenvalue weighted by Crippen LogP contribution is -2.51. The van der Waals surface area contributed by atoms with Gasteiger partial charge in [-0.15, -0.1) is 0 Å². The molecule has 0 unspecified atom stereocenters. The van der Waals surface area contributed by atoms with Gasteiger partial charge in [0.15, 0.2) is 0 Å². The molecule has 37 heavy (non-hydrogen) atoms. The number of carbonyl (C=O) groups is 1. The summed E-state index contributed by atoms with van der Waals surface area (Å²) in [5.74, 6) is -0.394. The quantitative estimate of drug-likeness (QED) is 0.508. The number of carbonyl (C=O) groups excluding carboxylic acids is 1. The van der Waals surface area contributed by atoms with Gasteiger partial charge in [-0.3, -0.25) is 9.69 Å². The molecule has 1 aromatic carbocycles. The van der Waals surface area contributed by atoms with E-state index in [1.165, 1.54) is 12.1 Å². The maximum absolute atomic E-state index is 15.7. The maximum atomic E-state index is 15.7. The van der Waals surface area contributed by atoms with Crippen LogP contribution in [0.3, 0.4) is 0 Å². The van der Waals surface area contributed by atoms with E-state index in [2.05, 4.69) is 9.80 Å². The highest BCUT2D eigenvalue weighted by Crippen LogP contribution is 2.41. The highest BCUT2D eigenvalue weighted by molar-refractivity contribution is 5.86. The molecular formula is C28H42F4N4O. The predicted molar refractivity (Wildman–Crippen MR) is 139 cm³/mol. The second-order valence-electron chi connectivity index (χ2n) is 12.3. The first-order valence-corrected chi connectivity index (χ1v) is 13.5. The molecule has 0 aliphatic carbocycles. The van der Waals surface area contributed by atoms with Crippen LogP contribution in [0.1, 0.15) is 69.9 Å². The summed E-state index contributed by atoms with van der Waals surface area (Å²) in [4.78, 5) is 21.1. The van der Waals surface area contributed by atoms with Crippen molar-refractivity contribution < 1.29 is 22.4 Å². The van der Waals surface area contributed by atoms with Crippen molar-refractivity contribution in [1.29, 1.82) is 0 Å². The Labute approximate surface area is 218 Å². The number of hydrogen-bond donors (Lipinski definition) is 0. The van der Waals surface area contributed by atoms with Crippen LogP contribution in [0.15, 0.2) is 18.2 Å². The van der Waals surface area contributed by atoms with Gasteiger partial charge in [0.2, 0.25) is 5.67 Å². The van der Waals surface area contributed by atoms with Gasteiger partial charge in [0.1, 0.15) is 0 Å². The van der Waals surface area contributed by atoms with Gasteiger partial charge in [0.25, 0.3) is 5.91 Å². The molecule has 0 saturated carbocycles. The molecule has 0 spiro atoms. The molecule has 3 aliphatic rings. The van der Waals surface area contributed by atoms with Crippen LogP contribution in [0.4, 0.5) is 23.2 Å². The van der Waals surface area contributed by atoms with Crippen LogP contribution in [0.5, 0.6) is 0 Å². The third kappa shape index (κ3) is 6.08. The van der Waals surface area contributed by atoms with Crippen molar-refractivity contribution in [2.45, 2.75) is 82.2 Å². The molecule has 0 radical (unpaired) electrons. The summed E-state index contributed by atoms with van der Waals surface area (Å²) in [6.07, 6.45) is -1.15. The standard InChI is InChI=1S/C28H42F4N4O/c1-26(2,3)36-17-12-27(29,19-36)25(37)35-13-8-20(9-14-35)23-7-6-21(28(30,31)32)18-24(23)34-15-10-22(11-16-34)33(4)5/h6-7,18,20,22H,8-17,19H2,1-5H3/t27-/m1/s1. The summed E-state index contributed by atoms with van der Waals surface area (Å²) >= 11 is 0. The van der Waals surface area contributed by atoms with Crippen LogP contribution in [-0.4, -0.2) is 91.2 Å². The molecule has 3 aliphatic heterocycles. The van der Waals surface area contributed by atoms with Crippen molar-refractivity contribution in [2.75, 3.05) is 58.3 Å². The lowest BCUT2D eigenvalue weighted by atomic mass is 9.86. The van der Waals surface area contributed by atoms with Crippen LogP contribution >= 0.6 is 0 Å². The van der Waals surface area contributed by atoms with Crippen LogP contribution in [0.2, 0.25) is 0 Å². The summed E-state index contributed by atoms with van der Waals surface area (Å²) in [5, 5.41) is 0. The van der Waals surface area contributed by atoms with Crippen molar-refractivity contribution in [3.8, 4) is 0 Å². The zero-order chi connectivity index (χ0) is 27.2. The summed E-state index contributed by atoms with van der Waals surface area (Å²) in [5.41, 5.74) is -1.11. The number of piperidine rings is 2. The van der Waals surface area contributed by atoms with Crippen LogP contribution in [0, 0.1) is 0 Å². The minimum absolute atomic E-state index is 0.0399. The number of nitrogens with zero attached hydrogens (tertiary/aromatic N) is 4. The van der Waals surface area contributed by atoms with Gasteiger partial charge in [0, 0.05) is 63.0 Å². The molecule has 1 amide bonds.